The summed E-state index contributed by atoms with van der Waals surface area (Å²) in [6, 6.07) is 9.81. The Hall–Kier alpha value is -3.32. The topological polar surface area (TPSA) is 93.1 Å². The molecule has 29 heavy (non-hydrogen) atoms. The van der Waals surface area contributed by atoms with Crippen molar-refractivity contribution in [2.75, 3.05) is 20.3 Å². The fourth-order valence-corrected chi connectivity index (χ4v) is 3.42. The molecule has 2 aromatic rings. The first-order valence-corrected chi connectivity index (χ1v) is 9.14. The summed E-state index contributed by atoms with van der Waals surface area (Å²) >= 11 is 6.28. The lowest BCUT2D eigenvalue weighted by Gasteiger charge is -2.27. The van der Waals surface area contributed by atoms with Crippen molar-refractivity contribution in [2.45, 2.75) is 6.92 Å². The van der Waals surface area contributed by atoms with Crippen molar-refractivity contribution >= 4 is 41.0 Å². The highest BCUT2D eigenvalue weighted by Gasteiger charge is 2.35. The number of carbonyl (C=O) groups is 3. The normalized spacial score (nSPS) is 14.7. The summed E-state index contributed by atoms with van der Waals surface area (Å²) in [6.07, 6.45) is 1.55. The molecule has 0 aromatic heterocycles. The van der Waals surface area contributed by atoms with Crippen LogP contribution < -0.4 is 9.47 Å². The van der Waals surface area contributed by atoms with Gasteiger partial charge in [-0.05, 0) is 42.3 Å². The first kappa shape index (κ1) is 20.4. The van der Waals surface area contributed by atoms with E-state index in [-0.39, 0.29) is 11.1 Å². The second-order valence-electron chi connectivity index (χ2n) is 6.16. The lowest BCUT2D eigenvalue weighted by Crippen LogP contribution is -2.44. The summed E-state index contributed by atoms with van der Waals surface area (Å²) in [7, 11) is 1.47. The number of carboxylic acids is 1. The van der Waals surface area contributed by atoms with Crippen LogP contribution in [0, 0.1) is 0 Å². The Kier molecular flexibility index (Phi) is 5.89. The lowest BCUT2D eigenvalue weighted by molar-refractivity contribution is -0.141. The highest BCUT2D eigenvalue weighted by Crippen LogP contribution is 2.38. The molecule has 2 amide bonds. The summed E-state index contributed by atoms with van der Waals surface area (Å²) in [5.41, 5.74) is 1.41. The van der Waals surface area contributed by atoms with E-state index in [1.807, 2.05) is 6.92 Å². The summed E-state index contributed by atoms with van der Waals surface area (Å²) in [5.74, 6) is -1.84. The molecule has 1 aliphatic rings. The number of methoxy groups -OCH3 is 1. The highest BCUT2D eigenvalue weighted by molar-refractivity contribution is 6.35. The molecule has 0 fully saturated rings. The molecule has 0 bridgehead atoms. The summed E-state index contributed by atoms with van der Waals surface area (Å²) in [6.45, 7) is 1.47. The van der Waals surface area contributed by atoms with Gasteiger partial charge in [0, 0.05) is 11.1 Å². The Balaban J connectivity index is 2.17. The van der Waals surface area contributed by atoms with Crippen LogP contribution >= 0.6 is 11.6 Å². The lowest BCUT2D eigenvalue weighted by atomic mass is 9.92. The maximum absolute atomic E-state index is 12.9. The number of nitrogens with zero attached hydrogens (tertiary/aromatic N) is 1. The second kappa shape index (κ2) is 8.36. The molecule has 0 unspecified atom stereocenters. The van der Waals surface area contributed by atoms with Crippen LogP contribution in [0.3, 0.4) is 0 Å². The zero-order valence-corrected chi connectivity index (χ0v) is 16.5. The van der Waals surface area contributed by atoms with Gasteiger partial charge in [0.2, 0.25) is 0 Å². The third-order valence-electron chi connectivity index (χ3n) is 4.31. The molecule has 1 aliphatic heterocycles. The van der Waals surface area contributed by atoms with Crippen molar-refractivity contribution in [3.05, 3.63) is 58.1 Å². The van der Waals surface area contributed by atoms with Crippen molar-refractivity contribution in [2.24, 2.45) is 0 Å². The molecule has 0 saturated heterocycles. The van der Waals surface area contributed by atoms with Crippen LogP contribution in [0.4, 0.5) is 0 Å². The Morgan fingerprint density at radius 2 is 1.86 bits per heavy atom. The first-order chi connectivity index (χ1) is 13.9. The van der Waals surface area contributed by atoms with Crippen LogP contribution in [0.15, 0.2) is 36.4 Å². The molecule has 0 aliphatic carbocycles. The summed E-state index contributed by atoms with van der Waals surface area (Å²) in [5, 5.41) is 9.39. The van der Waals surface area contributed by atoms with Crippen molar-refractivity contribution in [1.29, 1.82) is 0 Å². The van der Waals surface area contributed by atoms with Gasteiger partial charge in [-0.15, -0.1) is 0 Å². The van der Waals surface area contributed by atoms with Crippen molar-refractivity contribution in [3.63, 3.8) is 0 Å². The van der Waals surface area contributed by atoms with Crippen LogP contribution in [-0.2, 0) is 9.59 Å². The monoisotopic (exact) mass is 415 g/mol. The minimum atomic E-state index is -1.28. The largest absolute Gasteiger partial charge is 0.491 e. The molecule has 0 atom stereocenters. The van der Waals surface area contributed by atoms with E-state index in [1.54, 1.807) is 42.5 Å². The number of rotatable bonds is 6. The van der Waals surface area contributed by atoms with Crippen molar-refractivity contribution < 1.29 is 29.0 Å². The third kappa shape index (κ3) is 3.95. The minimum Gasteiger partial charge on any atom is -0.491 e. The number of amides is 2. The Morgan fingerprint density at radius 1 is 1.17 bits per heavy atom. The summed E-state index contributed by atoms with van der Waals surface area (Å²) in [4.78, 5) is 37.4. The number of hydrogen-bond donors (Lipinski definition) is 1. The molecule has 0 radical (unpaired) electrons. The average Bonchev–Trinajstić information content (AvgIpc) is 2.68. The van der Waals surface area contributed by atoms with E-state index in [2.05, 4.69) is 0 Å². The molecule has 8 heteroatoms. The summed E-state index contributed by atoms with van der Waals surface area (Å²) < 4.78 is 10.8. The van der Waals surface area contributed by atoms with E-state index in [9.17, 15) is 14.4 Å². The zero-order chi connectivity index (χ0) is 21.1. The van der Waals surface area contributed by atoms with Crippen molar-refractivity contribution in [3.8, 4) is 11.5 Å². The fraction of sp³-hybridized carbons (Fsp3) is 0.190. The smallest absolute Gasteiger partial charge is 0.323 e. The van der Waals surface area contributed by atoms with E-state index in [0.717, 1.165) is 0 Å². The Morgan fingerprint density at radius 3 is 2.48 bits per heavy atom. The number of carbonyl (C=O) groups excluding carboxylic acids is 2. The third-order valence-corrected chi connectivity index (χ3v) is 4.59. The maximum Gasteiger partial charge on any atom is 0.323 e. The van der Waals surface area contributed by atoms with Gasteiger partial charge >= 0.3 is 5.97 Å². The van der Waals surface area contributed by atoms with Crippen LogP contribution in [0.2, 0.25) is 5.02 Å². The van der Waals surface area contributed by atoms with E-state index in [4.69, 9.17) is 26.2 Å². The standard InChI is InChI=1S/C21H18ClNO6/c1-3-29-17-10-12(9-16(22)19(17)28-2)8-15-13-6-4-5-7-14(13)20(26)23(21(15)27)11-18(24)25/h4-10H,3,11H2,1-2H3,(H,24,25)/b15-8-. The first-order valence-electron chi connectivity index (χ1n) is 8.76. The average molecular weight is 416 g/mol. The van der Waals surface area contributed by atoms with E-state index in [1.165, 1.54) is 7.11 Å². The number of aliphatic carboxylic acids is 1. The van der Waals surface area contributed by atoms with E-state index >= 15 is 0 Å². The van der Waals surface area contributed by atoms with Gasteiger partial charge in [-0.1, -0.05) is 29.8 Å². The molecule has 3 rings (SSSR count). The number of benzene rings is 2. The van der Waals surface area contributed by atoms with Gasteiger partial charge in [0.1, 0.15) is 6.54 Å². The van der Waals surface area contributed by atoms with Gasteiger partial charge in [-0.3, -0.25) is 19.3 Å². The van der Waals surface area contributed by atoms with Gasteiger partial charge in [-0.25, -0.2) is 0 Å². The quantitative estimate of drug-likeness (QED) is 0.574. The number of carboxylic acid groups (broad SMARTS) is 1. The van der Waals surface area contributed by atoms with Gasteiger partial charge in [-0.2, -0.15) is 0 Å². The minimum absolute atomic E-state index is 0.185. The fourth-order valence-electron chi connectivity index (χ4n) is 3.12. The Labute approximate surface area is 172 Å². The second-order valence-corrected chi connectivity index (χ2v) is 6.57. The number of ether oxygens (including phenoxy) is 2. The molecule has 150 valence electrons. The maximum atomic E-state index is 12.9. The van der Waals surface area contributed by atoms with E-state index in [0.29, 0.717) is 39.2 Å². The molecular formula is C21H18ClNO6. The number of hydrogen-bond acceptors (Lipinski definition) is 5. The zero-order valence-electron chi connectivity index (χ0n) is 15.8. The number of fused-ring (bicyclic) bond motifs is 1. The molecule has 0 saturated carbocycles. The molecule has 1 N–H and O–H groups in total. The molecule has 1 heterocycles. The van der Waals surface area contributed by atoms with Gasteiger partial charge in [0.15, 0.2) is 11.5 Å². The predicted molar refractivity (Wildman–Crippen MR) is 107 cm³/mol. The van der Waals surface area contributed by atoms with Gasteiger partial charge in [0.25, 0.3) is 11.8 Å². The SMILES string of the molecule is CCOc1cc(/C=C2\C(=O)N(CC(=O)O)C(=O)c3ccccc32)cc(Cl)c1OC. The molecule has 2 aromatic carbocycles. The molecule has 7 nitrogen and oxygen atoms in total. The van der Waals surface area contributed by atoms with Crippen molar-refractivity contribution in [1.82, 2.24) is 4.90 Å². The van der Waals surface area contributed by atoms with Crippen LogP contribution in [0.5, 0.6) is 11.5 Å². The number of halogens is 1. The molecular weight excluding hydrogens is 398 g/mol. The predicted octanol–water partition coefficient (Wildman–Crippen LogP) is 3.35. The highest BCUT2D eigenvalue weighted by atomic mass is 35.5. The van der Waals surface area contributed by atoms with Crippen LogP contribution in [0.1, 0.15) is 28.4 Å². The van der Waals surface area contributed by atoms with E-state index < -0.39 is 24.3 Å². The van der Waals surface area contributed by atoms with Gasteiger partial charge in [0.05, 0.1) is 18.7 Å². The molecule has 0 spiro atoms. The van der Waals surface area contributed by atoms with Gasteiger partial charge < -0.3 is 14.6 Å². The Bertz CT molecular complexity index is 1030. The number of imide groups is 1. The van der Waals surface area contributed by atoms with Crippen LogP contribution in [-0.4, -0.2) is 48.1 Å². The van der Waals surface area contributed by atoms with Crippen LogP contribution in [0.25, 0.3) is 11.6 Å².